The van der Waals surface area contributed by atoms with Gasteiger partial charge in [0.05, 0.1) is 12.1 Å². The Morgan fingerprint density at radius 3 is 2.70 bits per heavy atom. The summed E-state index contributed by atoms with van der Waals surface area (Å²) in [5.74, 6) is 0.533. The lowest BCUT2D eigenvalue weighted by Gasteiger charge is -2.31. The minimum Gasteiger partial charge on any atom is -0.381 e. The normalized spacial score (nSPS) is 17.0. The molecule has 3 rings (SSSR count). The van der Waals surface area contributed by atoms with Crippen LogP contribution >= 0.6 is 11.6 Å². The summed E-state index contributed by atoms with van der Waals surface area (Å²) < 4.78 is 10.4. The highest BCUT2D eigenvalue weighted by Crippen LogP contribution is 2.20. The number of amides is 1. The Hall–Kier alpha value is -1.96. The number of nitrogens with zero attached hydrogens (tertiary/aromatic N) is 2. The topological polar surface area (TPSA) is 103 Å². The van der Waals surface area contributed by atoms with Crippen molar-refractivity contribution in [3.05, 3.63) is 35.2 Å². The molecule has 1 amide bonds. The van der Waals surface area contributed by atoms with E-state index in [1.165, 1.54) is 0 Å². The van der Waals surface area contributed by atoms with Gasteiger partial charge in [-0.2, -0.15) is 4.98 Å². The molecule has 1 aromatic heterocycles. The molecule has 0 unspecified atom stereocenters. The maximum atomic E-state index is 12.2. The molecule has 8 heteroatoms. The quantitative estimate of drug-likeness (QED) is 0.877. The molecule has 23 heavy (non-hydrogen) atoms. The van der Waals surface area contributed by atoms with E-state index in [0.29, 0.717) is 42.8 Å². The lowest BCUT2D eigenvalue weighted by molar-refractivity contribution is -0.130. The van der Waals surface area contributed by atoms with E-state index in [0.717, 1.165) is 5.56 Å². The van der Waals surface area contributed by atoms with Crippen LogP contribution < -0.4 is 11.1 Å². The van der Waals surface area contributed by atoms with Gasteiger partial charge in [0.15, 0.2) is 0 Å². The van der Waals surface area contributed by atoms with Crippen molar-refractivity contribution < 1.29 is 14.1 Å². The summed E-state index contributed by atoms with van der Waals surface area (Å²) in [7, 11) is 0. The zero-order valence-corrected chi connectivity index (χ0v) is 13.2. The predicted octanol–water partition coefficient (Wildman–Crippen LogP) is 1.51. The van der Waals surface area contributed by atoms with E-state index in [1.807, 2.05) is 0 Å². The first-order valence-corrected chi connectivity index (χ1v) is 7.68. The van der Waals surface area contributed by atoms with Crippen molar-refractivity contribution in [1.29, 1.82) is 0 Å². The molecule has 1 aliphatic heterocycles. The van der Waals surface area contributed by atoms with Gasteiger partial charge in [0, 0.05) is 23.8 Å². The Kier molecular flexibility index (Phi) is 4.61. The van der Waals surface area contributed by atoms with Crippen LogP contribution in [0, 0.1) is 0 Å². The number of rotatable bonds is 4. The second-order valence-electron chi connectivity index (χ2n) is 5.47. The molecule has 2 heterocycles. The highest BCUT2D eigenvalue weighted by Gasteiger charge is 2.35. The number of benzene rings is 1. The third kappa shape index (κ3) is 3.69. The molecule has 122 valence electrons. The summed E-state index contributed by atoms with van der Waals surface area (Å²) in [5.41, 5.74) is 6.00. The zero-order valence-electron chi connectivity index (χ0n) is 12.4. The molecular weight excluding hydrogens is 320 g/mol. The number of carbonyl (C=O) groups excluding carboxylic acids is 1. The highest BCUT2D eigenvalue weighted by molar-refractivity contribution is 6.30. The lowest BCUT2D eigenvalue weighted by Crippen LogP contribution is -2.56. The van der Waals surface area contributed by atoms with Crippen LogP contribution in [-0.4, -0.2) is 34.8 Å². The van der Waals surface area contributed by atoms with Gasteiger partial charge in [0.2, 0.25) is 17.6 Å². The van der Waals surface area contributed by atoms with Crippen LogP contribution in [0.15, 0.2) is 28.8 Å². The second-order valence-corrected chi connectivity index (χ2v) is 5.91. The fraction of sp³-hybridized carbons (Fsp3) is 0.400. The van der Waals surface area contributed by atoms with E-state index in [4.69, 9.17) is 26.6 Å². The van der Waals surface area contributed by atoms with Crippen molar-refractivity contribution in [2.75, 3.05) is 13.2 Å². The van der Waals surface area contributed by atoms with Crippen molar-refractivity contribution in [3.63, 3.8) is 0 Å². The number of nitrogens with one attached hydrogen (secondary N) is 1. The van der Waals surface area contributed by atoms with Gasteiger partial charge in [-0.3, -0.25) is 4.79 Å². The fourth-order valence-electron chi connectivity index (χ4n) is 2.34. The maximum absolute atomic E-state index is 12.2. The third-order valence-electron chi connectivity index (χ3n) is 3.81. The average molecular weight is 337 g/mol. The monoisotopic (exact) mass is 336 g/mol. The Bertz CT molecular complexity index is 680. The predicted molar refractivity (Wildman–Crippen MR) is 83.6 cm³/mol. The SMILES string of the molecule is NC1(C(=O)NCc2nc(-c3ccc(Cl)cc3)no2)CCOCC1. The number of hydrogen-bond acceptors (Lipinski definition) is 6. The van der Waals surface area contributed by atoms with E-state index in [9.17, 15) is 4.79 Å². The van der Waals surface area contributed by atoms with Crippen LogP contribution in [0.25, 0.3) is 11.4 Å². The summed E-state index contributed by atoms with van der Waals surface area (Å²) in [6.45, 7) is 1.12. The summed E-state index contributed by atoms with van der Waals surface area (Å²) in [6, 6.07) is 7.09. The summed E-state index contributed by atoms with van der Waals surface area (Å²) in [5, 5.41) is 7.27. The van der Waals surface area contributed by atoms with Crippen LogP contribution in [0.4, 0.5) is 0 Å². The van der Waals surface area contributed by atoms with E-state index in [-0.39, 0.29) is 12.5 Å². The molecule has 1 saturated heterocycles. The molecule has 1 fully saturated rings. The van der Waals surface area contributed by atoms with Gasteiger partial charge >= 0.3 is 0 Å². The minimum absolute atomic E-state index is 0.138. The Morgan fingerprint density at radius 1 is 1.30 bits per heavy atom. The molecule has 7 nitrogen and oxygen atoms in total. The molecule has 0 saturated carbocycles. The van der Waals surface area contributed by atoms with Crippen LogP contribution in [0.2, 0.25) is 5.02 Å². The van der Waals surface area contributed by atoms with Crippen molar-refractivity contribution in [2.45, 2.75) is 24.9 Å². The first-order chi connectivity index (χ1) is 11.1. The van der Waals surface area contributed by atoms with Crippen LogP contribution in [0.5, 0.6) is 0 Å². The molecule has 1 aromatic carbocycles. The van der Waals surface area contributed by atoms with Crippen molar-refractivity contribution in [1.82, 2.24) is 15.5 Å². The molecule has 1 aliphatic rings. The Balaban J connectivity index is 1.61. The van der Waals surface area contributed by atoms with Gasteiger partial charge in [0.25, 0.3) is 0 Å². The molecule has 0 radical (unpaired) electrons. The number of ether oxygens (including phenoxy) is 1. The number of aromatic nitrogens is 2. The minimum atomic E-state index is -0.892. The fourth-order valence-corrected chi connectivity index (χ4v) is 2.46. The van der Waals surface area contributed by atoms with Crippen molar-refractivity contribution in [2.24, 2.45) is 5.73 Å². The van der Waals surface area contributed by atoms with Gasteiger partial charge in [-0.05, 0) is 37.1 Å². The average Bonchev–Trinajstić information content (AvgIpc) is 3.03. The van der Waals surface area contributed by atoms with Crippen LogP contribution in [0.1, 0.15) is 18.7 Å². The molecular formula is C15H17ClN4O3. The first-order valence-electron chi connectivity index (χ1n) is 7.30. The Morgan fingerprint density at radius 2 is 2.00 bits per heavy atom. The van der Waals surface area contributed by atoms with Crippen LogP contribution in [0.3, 0.4) is 0 Å². The van der Waals surface area contributed by atoms with Gasteiger partial charge in [-0.25, -0.2) is 0 Å². The van der Waals surface area contributed by atoms with Gasteiger partial charge < -0.3 is 20.3 Å². The molecule has 0 atom stereocenters. The second kappa shape index (κ2) is 6.66. The first kappa shape index (κ1) is 15.9. The number of carbonyl (C=O) groups is 1. The van der Waals surface area contributed by atoms with E-state index < -0.39 is 5.54 Å². The lowest BCUT2D eigenvalue weighted by atomic mass is 9.90. The summed E-state index contributed by atoms with van der Waals surface area (Å²) in [6.07, 6.45) is 0.997. The number of halogens is 1. The van der Waals surface area contributed by atoms with Gasteiger partial charge in [0.1, 0.15) is 0 Å². The number of hydrogen-bond donors (Lipinski definition) is 2. The Labute approximate surface area is 138 Å². The summed E-state index contributed by atoms with van der Waals surface area (Å²) in [4.78, 5) is 16.5. The maximum Gasteiger partial charge on any atom is 0.246 e. The molecule has 2 aromatic rings. The molecule has 0 bridgehead atoms. The van der Waals surface area contributed by atoms with Crippen molar-refractivity contribution >= 4 is 17.5 Å². The smallest absolute Gasteiger partial charge is 0.246 e. The summed E-state index contributed by atoms with van der Waals surface area (Å²) >= 11 is 5.84. The third-order valence-corrected chi connectivity index (χ3v) is 4.06. The largest absolute Gasteiger partial charge is 0.381 e. The van der Waals surface area contributed by atoms with Crippen LogP contribution in [-0.2, 0) is 16.1 Å². The van der Waals surface area contributed by atoms with Gasteiger partial charge in [-0.1, -0.05) is 16.8 Å². The number of nitrogens with two attached hydrogens (primary N) is 1. The standard InChI is InChI=1S/C15H17ClN4O3/c16-11-3-1-10(2-4-11)13-19-12(23-20-13)9-18-14(21)15(17)5-7-22-8-6-15/h1-4H,5-9,17H2,(H,18,21). The highest BCUT2D eigenvalue weighted by atomic mass is 35.5. The molecule has 3 N–H and O–H groups in total. The molecule has 0 spiro atoms. The van der Waals surface area contributed by atoms with Crippen molar-refractivity contribution in [3.8, 4) is 11.4 Å². The molecule has 0 aliphatic carbocycles. The van der Waals surface area contributed by atoms with E-state index in [1.54, 1.807) is 24.3 Å². The van der Waals surface area contributed by atoms with Gasteiger partial charge in [-0.15, -0.1) is 0 Å². The van der Waals surface area contributed by atoms with E-state index >= 15 is 0 Å². The van der Waals surface area contributed by atoms with E-state index in [2.05, 4.69) is 15.5 Å². The zero-order chi connectivity index (χ0) is 16.3.